The number of nitrogens with two attached hydrogens (primary N) is 1. The van der Waals surface area contributed by atoms with E-state index in [2.05, 4.69) is 4.98 Å². The topological polar surface area (TPSA) is 73.1 Å². The van der Waals surface area contributed by atoms with Crippen LogP contribution < -0.4 is 5.73 Å². The molecule has 1 amide bonds. The predicted octanol–water partition coefficient (Wildman–Crippen LogP) is 1.98. The Morgan fingerprint density at radius 3 is 2.56 bits per heavy atom. The van der Waals surface area contributed by atoms with Crippen molar-refractivity contribution in [2.75, 3.05) is 0 Å². The number of primary amides is 1. The van der Waals surface area contributed by atoms with Gasteiger partial charge in [0.15, 0.2) is 5.01 Å². The van der Waals surface area contributed by atoms with E-state index in [1.165, 1.54) is 0 Å². The van der Waals surface area contributed by atoms with E-state index < -0.39 is 11.7 Å². The highest BCUT2D eigenvalue weighted by molar-refractivity contribution is 7.15. The Morgan fingerprint density at radius 1 is 1.17 bits per heavy atom. The molecule has 1 aromatic carbocycles. The molecule has 4 nitrogen and oxygen atoms in total. The fourth-order valence-corrected chi connectivity index (χ4v) is 2.08. The van der Waals surface area contributed by atoms with Crippen LogP contribution in [0.5, 0.6) is 0 Å². The van der Waals surface area contributed by atoms with Gasteiger partial charge in [0.25, 0.3) is 11.7 Å². The summed E-state index contributed by atoms with van der Waals surface area (Å²) in [4.78, 5) is 26.7. The lowest BCUT2D eigenvalue weighted by atomic mass is 10.2. The minimum atomic E-state index is -0.983. The molecule has 5 heteroatoms. The zero-order valence-electron chi connectivity index (χ0n) is 9.37. The van der Waals surface area contributed by atoms with E-state index in [-0.39, 0.29) is 5.01 Å². The van der Waals surface area contributed by atoms with E-state index >= 15 is 0 Å². The molecule has 90 valence electrons. The first-order valence-electron chi connectivity index (χ1n) is 5.20. The molecule has 2 aromatic rings. The molecular formula is C13H10N2O2S. The van der Waals surface area contributed by atoms with Gasteiger partial charge in [-0.05, 0) is 11.6 Å². The van der Waals surface area contributed by atoms with Crippen LogP contribution in [-0.2, 0) is 4.79 Å². The third-order valence-electron chi connectivity index (χ3n) is 2.18. The lowest BCUT2D eigenvalue weighted by Crippen LogP contribution is -2.22. The first-order valence-corrected chi connectivity index (χ1v) is 6.01. The monoisotopic (exact) mass is 258 g/mol. The van der Waals surface area contributed by atoms with Crippen LogP contribution in [0.15, 0.2) is 36.5 Å². The lowest BCUT2D eigenvalue weighted by molar-refractivity contribution is -0.114. The Hall–Kier alpha value is -2.27. The number of thiazole rings is 1. The summed E-state index contributed by atoms with van der Waals surface area (Å²) < 4.78 is 0. The highest BCUT2D eigenvalue weighted by Crippen LogP contribution is 2.16. The van der Waals surface area contributed by atoms with Crippen LogP contribution in [0.1, 0.15) is 20.2 Å². The SMILES string of the molecule is NC(=O)C(=O)c1ncc(/C=C/c2ccccc2)s1. The van der Waals surface area contributed by atoms with Crippen molar-refractivity contribution in [3.8, 4) is 0 Å². The second-order valence-corrected chi connectivity index (χ2v) is 4.57. The molecule has 1 aromatic heterocycles. The van der Waals surface area contributed by atoms with Gasteiger partial charge in [-0.15, -0.1) is 11.3 Å². The van der Waals surface area contributed by atoms with Gasteiger partial charge in [-0.2, -0.15) is 0 Å². The Bertz CT molecular complexity index is 602. The average Bonchev–Trinajstić information content (AvgIpc) is 2.85. The average molecular weight is 258 g/mol. The predicted molar refractivity (Wildman–Crippen MR) is 71.0 cm³/mol. The number of aromatic nitrogens is 1. The van der Waals surface area contributed by atoms with Crippen LogP contribution in [-0.4, -0.2) is 16.7 Å². The number of Topliss-reactive ketones (excluding diaryl/α,β-unsaturated/α-hetero) is 1. The van der Waals surface area contributed by atoms with Crippen LogP contribution in [0.4, 0.5) is 0 Å². The Morgan fingerprint density at radius 2 is 1.89 bits per heavy atom. The smallest absolute Gasteiger partial charge is 0.292 e. The molecule has 0 spiro atoms. The summed E-state index contributed by atoms with van der Waals surface area (Å²) in [5.41, 5.74) is 5.95. The van der Waals surface area contributed by atoms with E-state index in [0.717, 1.165) is 21.8 Å². The molecule has 0 radical (unpaired) electrons. The van der Waals surface area contributed by atoms with Gasteiger partial charge in [-0.1, -0.05) is 36.4 Å². The summed E-state index contributed by atoms with van der Waals surface area (Å²) in [5, 5.41) is 0.121. The van der Waals surface area contributed by atoms with Crippen molar-refractivity contribution in [1.29, 1.82) is 0 Å². The molecule has 2 rings (SSSR count). The molecule has 0 aliphatic carbocycles. The molecule has 18 heavy (non-hydrogen) atoms. The van der Waals surface area contributed by atoms with Crippen molar-refractivity contribution in [1.82, 2.24) is 4.98 Å². The van der Waals surface area contributed by atoms with Crippen molar-refractivity contribution in [3.05, 3.63) is 52.0 Å². The summed E-state index contributed by atoms with van der Waals surface area (Å²) >= 11 is 1.14. The molecule has 0 atom stereocenters. The fraction of sp³-hybridized carbons (Fsp3) is 0. The number of benzene rings is 1. The highest BCUT2D eigenvalue weighted by atomic mass is 32.1. The number of nitrogens with zero attached hydrogens (tertiary/aromatic N) is 1. The number of hydrogen-bond donors (Lipinski definition) is 1. The van der Waals surface area contributed by atoms with Gasteiger partial charge < -0.3 is 5.73 Å². The standard InChI is InChI=1S/C13H10N2O2S/c14-12(17)11(16)13-15-8-10(18-13)7-6-9-4-2-1-3-5-9/h1-8H,(H2,14,17)/b7-6+. The number of hydrogen-bond acceptors (Lipinski definition) is 4. The van der Waals surface area contributed by atoms with Gasteiger partial charge in [-0.3, -0.25) is 9.59 Å². The van der Waals surface area contributed by atoms with Crippen molar-refractivity contribution in [3.63, 3.8) is 0 Å². The van der Waals surface area contributed by atoms with Crippen molar-refractivity contribution >= 4 is 35.2 Å². The first kappa shape index (κ1) is 12.2. The third kappa shape index (κ3) is 2.89. The third-order valence-corrected chi connectivity index (χ3v) is 3.14. The molecule has 0 aliphatic rings. The maximum atomic E-state index is 11.3. The van der Waals surface area contributed by atoms with Crippen molar-refractivity contribution in [2.45, 2.75) is 0 Å². The summed E-state index contributed by atoms with van der Waals surface area (Å²) in [7, 11) is 0. The molecule has 0 bridgehead atoms. The van der Waals surface area contributed by atoms with Crippen molar-refractivity contribution in [2.24, 2.45) is 5.73 Å². The first-order chi connectivity index (χ1) is 8.66. The summed E-state index contributed by atoms with van der Waals surface area (Å²) in [5.74, 6) is -1.73. The zero-order valence-corrected chi connectivity index (χ0v) is 10.2. The summed E-state index contributed by atoms with van der Waals surface area (Å²) in [6.45, 7) is 0. The molecule has 0 fully saturated rings. The number of rotatable bonds is 4. The van der Waals surface area contributed by atoms with E-state index in [1.54, 1.807) is 6.20 Å². The molecule has 1 heterocycles. The molecule has 0 aliphatic heterocycles. The van der Waals surface area contributed by atoms with Crippen molar-refractivity contribution < 1.29 is 9.59 Å². The number of ketones is 1. The molecule has 0 saturated carbocycles. The van der Waals surface area contributed by atoms with Gasteiger partial charge in [0, 0.05) is 11.1 Å². The number of carbonyl (C=O) groups is 2. The fourth-order valence-electron chi connectivity index (χ4n) is 1.32. The number of amides is 1. The van der Waals surface area contributed by atoms with Crippen LogP contribution in [0.25, 0.3) is 12.2 Å². The Balaban J connectivity index is 2.14. The molecule has 0 saturated heterocycles. The maximum absolute atomic E-state index is 11.3. The second-order valence-electron chi connectivity index (χ2n) is 3.51. The summed E-state index contributed by atoms with van der Waals surface area (Å²) in [6, 6.07) is 9.75. The zero-order chi connectivity index (χ0) is 13.0. The number of carbonyl (C=O) groups excluding carboxylic acids is 2. The van der Waals surface area contributed by atoms with E-state index in [0.29, 0.717) is 0 Å². The van der Waals surface area contributed by atoms with E-state index in [1.807, 2.05) is 42.5 Å². The highest BCUT2D eigenvalue weighted by Gasteiger charge is 2.15. The minimum absolute atomic E-state index is 0.121. The van der Waals surface area contributed by atoms with Gasteiger partial charge in [0.05, 0.1) is 0 Å². The van der Waals surface area contributed by atoms with Crippen LogP contribution in [0, 0.1) is 0 Å². The Kier molecular flexibility index (Phi) is 3.64. The summed E-state index contributed by atoms with van der Waals surface area (Å²) in [6.07, 6.45) is 5.29. The minimum Gasteiger partial charge on any atom is -0.363 e. The van der Waals surface area contributed by atoms with Gasteiger partial charge in [0.1, 0.15) is 0 Å². The van der Waals surface area contributed by atoms with Crippen LogP contribution in [0.3, 0.4) is 0 Å². The van der Waals surface area contributed by atoms with Crippen LogP contribution in [0.2, 0.25) is 0 Å². The largest absolute Gasteiger partial charge is 0.363 e. The molecule has 2 N–H and O–H groups in total. The van der Waals surface area contributed by atoms with Crippen LogP contribution >= 0.6 is 11.3 Å². The van der Waals surface area contributed by atoms with Gasteiger partial charge in [0.2, 0.25) is 0 Å². The maximum Gasteiger partial charge on any atom is 0.292 e. The quantitative estimate of drug-likeness (QED) is 0.673. The van der Waals surface area contributed by atoms with E-state index in [9.17, 15) is 9.59 Å². The Labute approximate surface area is 108 Å². The molecular weight excluding hydrogens is 248 g/mol. The lowest BCUT2D eigenvalue weighted by Gasteiger charge is -1.89. The van der Waals surface area contributed by atoms with Gasteiger partial charge >= 0.3 is 0 Å². The molecule has 0 unspecified atom stereocenters. The van der Waals surface area contributed by atoms with Gasteiger partial charge in [-0.25, -0.2) is 4.98 Å². The second kappa shape index (κ2) is 5.37. The van der Waals surface area contributed by atoms with E-state index in [4.69, 9.17) is 5.73 Å². The normalized spacial score (nSPS) is 10.7.